The normalized spacial score (nSPS) is 13.1. The Kier molecular flexibility index (Phi) is 7.98. The van der Waals surface area contributed by atoms with Gasteiger partial charge in [0.15, 0.2) is 5.82 Å². The zero-order valence-corrected chi connectivity index (χ0v) is 14.7. The van der Waals surface area contributed by atoms with Crippen LogP contribution in [0.5, 0.6) is 0 Å². The lowest BCUT2D eigenvalue weighted by Crippen LogP contribution is -2.17. The molecule has 2 aromatic rings. The Bertz CT molecular complexity index is 499. The molecule has 2 heterocycles. The van der Waals surface area contributed by atoms with Crippen molar-refractivity contribution in [3.63, 3.8) is 0 Å². The van der Waals surface area contributed by atoms with Gasteiger partial charge in [-0.1, -0.05) is 27.7 Å². The van der Waals surface area contributed by atoms with Gasteiger partial charge in [-0.3, -0.25) is 0 Å². The van der Waals surface area contributed by atoms with E-state index in [4.69, 9.17) is 0 Å². The average Bonchev–Trinajstić information content (AvgIpc) is 3.23. The first-order valence-electron chi connectivity index (χ1n) is 7.98. The third-order valence-electron chi connectivity index (χ3n) is 3.12. The van der Waals surface area contributed by atoms with Crippen molar-refractivity contribution in [1.29, 1.82) is 0 Å². The molecule has 0 radical (unpaired) electrons. The average molecular weight is 305 g/mol. The Morgan fingerprint density at radius 2 is 1.52 bits per heavy atom. The molecule has 3 rings (SSSR count). The summed E-state index contributed by atoms with van der Waals surface area (Å²) in [6.45, 7) is 12.4. The summed E-state index contributed by atoms with van der Waals surface area (Å²) in [5.41, 5.74) is 2.43. The first-order valence-corrected chi connectivity index (χ1v) is 8.76. The topological polar surface area (TPSA) is 29.0 Å². The van der Waals surface area contributed by atoms with Gasteiger partial charge in [-0.05, 0) is 55.6 Å². The van der Waals surface area contributed by atoms with Gasteiger partial charge in [0.25, 0.3) is 0 Å². The van der Waals surface area contributed by atoms with Crippen LogP contribution in [-0.4, -0.2) is 22.4 Å². The predicted octanol–water partition coefficient (Wildman–Crippen LogP) is 5.17. The van der Waals surface area contributed by atoms with Gasteiger partial charge in [-0.2, -0.15) is 4.37 Å². The van der Waals surface area contributed by atoms with E-state index in [-0.39, 0.29) is 0 Å². The predicted molar refractivity (Wildman–Crippen MR) is 94.2 cm³/mol. The van der Waals surface area contributed by atoms with Crippen LogP contribution in [-0.2, 0) is 0 Å². The summed E-state index contributed by atoms with van der Waals surface area (Å²) in [6.07, 6.45) is 2.63. The molecule has 0 N–H and O–H groups in total. The summed E-state index contributed by atoms with van der Waals surface area (Å²) in [4.78, 5) is 6.84. The second-order valence-corrected chi connectivity index (χ2v) is 5.33. The van der Waals surface area contributed by atoms with Gasteiger partial charge >= 0.3 is 0 Å². The molecule has 1 aliphatic rings. The molecule has 1 aliphatic heterocycles. The molecule has 21 heavy (non-hydrogen) atoms. The van der Waals surface area contributed by atoms with Gasteiger partial charge < -0.3 is 4.90 Å². The van der Waals surface area contributed by atoms with Crippen molar-refractivity contribution in [3.8, 4) is 11.4 Å². The molecule has 4 heteroatoms. The molecule has 0 bridgehead atoms. The van der Waals surface area contributed by atoms with Crippen LogP contribution in [0.15, 0.2) is 24.3 Å². The van der Waals surface area contributed by atoms with Gasteiger partial charge in [-0.15, -0.1) is 0 Å². The Balaban J connectivity index is 0.000000510. The van der Waals surface area contributed by atoms with Gasteiger partial charge in [-0.25, -0.2) is 4.98 Å². The zero-order valence-electron chi connectivity index (χ0n) is 13.9. The molecule has 0 amide bonds. The highest BCUT2D eigenvalue weighted by Crippen LogP contribution is 2.24. The summed E-state index contributed by atoms with van der Waals surface area (Å²) >= 11 is 1.46. The Morgan fingerprint density at radius 1 is 0.952 bits per heavy atom. The second-order valence-electron chi connectivity index (χ2n) is 4.38. The Morgan fingerprint density at radius 3 is 2.00 bits per heavy atom. The number of rotatable bonds is 2. The monoisotopic (exact) mass is 305 g/mol. The van der Waals surface area contributed by atoms with E-state index in [0.29, 0.717) is 0 Å². The van der Waals surface area contributed by atoms with Crippen molar-refractivity contribution in [3.05, 3.63) is 29.3 Å². The largest absolute Gasteiger partial charge is 0.372 e. The Labute approximate surface area is 133 Å². The smallest absolute Gasteiger partial charge is 0.173 e. The van der Waals surface area contributed by atoms with Crippen LogP contribution in [0.25, 0.3) is 11.4 Å². The van der Waals surface area contributed by atoms with Crippen molar-refractivity contribution >= 4 is 17.2 Å². The molecule has 0 atom stereocenters. The fraction of sp³-hybridized carbons (Fsp3) is 0.529. The van der Waals surface area contributed by atoms with Crippen LogP contribution >= 0.6 is 11.5 Å². The maximum Gasteiger partial charge on any atom is 0.173 e. The number of hydrogen-bond donors (Lipinski definition) is 0. The number of nitrogens with zero attached hydrogens (tertiary/aromatic N) is 3. The minimum Gasteiger partial charge on any atom is -0.372 e. The SMILES string of the molecule is CC.CC.Cc1nc(-c2ccc(N3CCCC3)cc2)ns1. The van der Waals surface area contributed by atoms with E-state index in [0.717, 1.165) is 16.4 Å². The van der Waals surface area contributed by atoms with E-state index in [1.54, 1.807) is 0 Å². The molecule has 0 unspecified atom stereocenters. The standard InChI is InChI=1S/C13H15N3S.2C2H6/c1-10-14-13(15-17-10)11-4-6-12(7-5-11)16-8-2-3-9-16;2*1-2/h4-7H,2-3,8-9H2,1H3;2*1-2H3. The number of aromatic nitrogens is 2. The summed E-state index contributed by atoms with van der Waals surface area (Å²) < 4.78 is 4.33. The van der Waals surface area contributed by atoms with E-state index in [9.17, 15) is 0 Å². The summed E-state index contributed by atoms with van der Waals surface area (Å²) in [7, 11) is 0. The minimum atomic E-state index is 0.848. The van der Waals surface area contributed by atoms with Crippen LogP contribution in [0.2, 0.25) is 0 Å². The molecule has 1 fully saturated rings. The molecule has 0 saturated carbocycles. The maximum absolute atomic E-state index is 4.40. The molecule has 3 nitrogen and oxygen atoms in total. The van der Waals surface area contributed by atoms with E-state index >= 15 is 0 Å². The fourth-order valence-corrected chi connectivity index (χ4v) is 2.71. The first kappa shape index (κ1) is 17.6. The van der Waals surface area contributed by atoms with E-state index in [1.807, 2.05) is 34.6 Å². The van der Waals surface area contributed by atoms with Crippen LogP contribution in [0.4, 0.5) is 5.69 Å². The molecule has 1 aromatic carbocycles. The van der Waals surface area contributed by atoms with Gasteiger partial charge in [0, 0.05) is 24.3 Å². The van der Waals surface area contributed by atoms with Crippen molar-refractivity contribution < 1.29 is 0 Å². The van der Waals surface area contributed by atoms with Gasteiger partial charge in [0.2, 0.25) is 0 Å². The molecule has 116 valence electrons. The number of benzene rings is 1. The molecule has 1 aromatic heterocycles. The fourth-order valence-electron chi connectivity index (χ4n) is 2.21. The summed E-state index contributed by atoms with van der Waals surface area (Å²) in [5, 5.41) is 1.02. The van der Waals surface area contributed by atoms with Gasteiger partial charge in [0.05, 0.1) is 0 Å². The van der Waals surface area contributed by atoms with Crippen molar-refractivity contribution in [2.24, 2.45) is 0 Å². The van der Waals surface area contributed by atoms with Crippen LogP contribution in [0.1, 0.15) is 45.5 Å². The van der Waals surface area contributed by atoms with Crippen molar-refractivity contribution in [2.75, 3.05) is 18.0 Å². The molecule has 0 spiro atoms. The number of anilines is 1. The van der Waals surface area contributed by atoms with E-state index < -0.39 is 0 Å². The lowest BCUT2D eigenvalue weighted by atomic mass is 10.2. The summed E-state index contributed by atoms with van der Waals surface area (Å²) in [5.74, 6) is 0.848. The lowest BCUT2D eigenvalue weighted by molar-refractivity contribution is 0.949. The summed E-state index contributed by atoms with van der Waals surface area (Å²) in [6, 6.07) is 8.60. The second kappa shape index (κ2) is 9.50. The molecule has 1 saturated heterocycles. The van der Waals surface area contributed by atoms with Crippen LogP contribution in [0, 0.1) is 6.92 Å². The highest BCUT2D eigenvalue weighted by molar-refractivity contribution is 7.05. The number of aryl methyl sites for hydroxylation is 1. The third kappa shape index (κ3) is 4.81. The van der Waals surface area contributed by atoms with Crippen LogP contribution in [0.3, 0.4) is 0 Å². The molecule has 0 aliphatic carbocycles. The maximum atomic E-state index is 4.40. The van der Waals surface area contributed by atoms with Gasteiger partial charge in [0.1, 0.15) is 5.01 Å². The van der Waals surface area contributed by atoms with Crippen LogP contribution < -0.4 is 4.90 Å². The van der Waals surface area contributed by atoms with Crippen molar-refractivity contribution in [2.45, 2.75) is 47.5 Å². The zero-order chi connectivity index (χ0) is 15.7. The molecular weight excluding hydrogens is 278 g/mol. The minimum absolute atomic E-state index is 0.848. The lowest BCUT2D eigenvalue weighted by Gasteiger charge is -2.17. The Hall–Kier alpha value is -1.42. The highest BCUT2D eigenvalue weighted by Gasteiger charge is 2.12. The van der Waals surface area contributed by atoms with Crippen molar-refractivity contribution in [1.82, 2.24) is 9.36 Å². The van der Waals surface area contributed by atoms with E-state index in [1.165, 1.54) is 43.2 Å². The first-order chi connectivity index (χ1) is 10.3. The van der Waals surface area contributed by atoms with E-state index in [2.05, 4.69) is 38.5 Å². The quantitative estimate of drug-likeness (QED) is 0.766. The number of hydrogen-bond acceptors (Lipinski definition) is 4. The highest BCUT2D eigenvalue weighted by atomic mass is 32.1. The third-order valence-corrected chi connectivity index (χ3v) is 3.74. The molecular formula is C17H27N3S.